The Morgan fingerprint density at radius 1 is 1.50 bits per heavy atom. The molecule has 0 saturated heterocycles. The average molecular weight is 303 g/mol. The highest BCUT2D eigenvalue weighted by molar-refractivity contribution is 9.10. The zero-order valence-corrected chi connectivity index (χ0v) is 11.3. The predicted octanol–water partition coefficient (Wildman–Crippen LogP) is 3.28. The number of benzene rings is 1. The Morgan fingerprint density at radius 3 is 2.94 bits per heavy atom. The van der Waals surface area contributed by atoms with E-state index < -0.39 is 0 Å². The third-order valence-electron chi connectivity index (χ3n) is 2.15. The van der Waals surface area contributed by atoms with E-state index in [-0.39, 0.29) is 5.91 Å². The monoisotopic (exact) mass is 301 g/mol. The third-order valence-corrected chi connectivity index (χ3v) is 3.19. The molecule has 1 amide bonds. The van der Waals surface area contributed by atoms with Crippen LogP contribution < -0.4 is 5.32 Å². The van der Waals surface area contributed by atoms with Gasteiger partial charge >= 0.3 is 0 Å². The topological polar surface area (TPSA) is 29.1 Å². The molecule has 1 aromatic rings. The quantitative estimate of drug-likeness (QED) is 0.671. The van der Waals surface area contributed by atoms with Gasteiger partial charge in [0.2, 0.25) is 0 Å². The van der Waals surface area contributed by atoms with Gasteiger partial charge in [0.15, 0.2) is 0 Å². The molecule has 0 spiro atoms. The first kappa shape index (κ1) is 13.3. The summed E-state index contributed by atoms with van der Waals surface area (Å²) in [7, 11) is 0. The van der Waals surface area contributed by atoms with Gasteiger partial charge in [0.1, 0.15) is 0 Å². The Morgan fingerprint density at radius 2 is 2.25 bits per heavy atom. The van der Waals surface area contributed by atoms with Crippen LogP contribution in [0.3, 0.4) is 0 Å². The molecule has 16 heavy (non-hydrogen) atoms. The van der Waals surface area contributed by atoms with Crippen molar-refractivity contribution in [1.82, 2.24) is 5.32 Å². The van der Waals surface area contributed by atoms with E-state index in [2.05, 4.69) is 21.2 Å². The van der Waals surface area contributed by atoms with E-state index in [4.69, 9.17) is 11.6 Å². The van der Waals surface area contributed by atoms with Crippen molar-refractivity contribution in [2.75, 3.05) is 12.4 Å². The summed E-state index contributed by atoms with van der Waals surface area (Å²) in [6, 6.07) is 5.57. The molecular formula is C12H13BrClNO. The molecule has 4 heteroatoms. The summed E-state index contributed by atoms with van der Waals surface area (Å²) in [6.45, 7) is 2.41. The molecule has 0 aliphatic rings. The molecule has 2 nitrogen and oxygen atoms in total. The summed E-state index contributed by atoms with van der Waals surface area (Å²) >= 11 is 8.87. The van der Waals surface area contributed by atoms with Crippen LogP contribution in [0, 0.1) is 6.92 Å². The van der Waals surface area contributed by atoms with Gasteiger partial charge in [-0.1, -0.05) is 34.1 Å². The number of carbonyl (C=O) groups excluding carboxylic acids is 1. The van der Waals surface area contributed by atoms with Gasteiger partial charge in [0.25, 0.3) is 5.91 Å². The Bertz CT molecular complexity index is 404. The van der Waals surface area contributed by atoms with Crippen molar-refractivity contribution in [3.63, 3.8) is 0 Å². The van der Waals surface area contributed by atoms with Crippen LogP contribution in [0.4, 0.5) is 0 Å². The highest BCUT2D eigenvalue weighted by Gasteiger charge is 2.08. The van der Waals surface area contributed by atoms with E-state index in [1.54, 1.807) is 12.1 Å². The van der Waals surface area contributed by atoms with Crippen LogP contribution in [0.1, 0.15) is 15.9 Å². The highest BCUT2D eigenvalue weighted by Crippen LogP contribution is 2.19. The summed E-state index contributed by atoms with van der Waals surface area (Å²) in [5.41, 5.74) is 1.63. The average Bonchev–Trinajstić information content (AvgIpc) is 2.28. The standard InChI is InChI=1S/C12H13BrClNO/c1-9-10(5-4-6-11(9)13)12(16)15-8-3-2-7-14/h2-6H,7-8H2,1H3,(H,15,16)/b3-2+. The number of amides is 1. The van der Waals surface area contributed by atoms with Gasteiger partial charge in [-0.05, 0) is 24.6 Å². The van der Waals surface area contributed by atoms with Gasteiger partial charge in [0.05, 0.1) is 0 Å². The zero-order valence-electron chi connectivity index (χ0n) is 8.97. The largest absolute Gasteiger partial charge is 0.349 e. The van der Waals surface area contributed by atoms with Crippen molar-refractivity contribution in [3.8, 4) is 0 Å². The van der Waals surface area contributed by atoms with Gasteiger partial charge in [0, 0.05) is 22.5 Å². The summed E-state index contributed by atoms with van der Waals surface area (Å²) in [5.74, 6) is 0.393. The van der Waals surface area contributed by atoms with Crippen molar-refractivity contribution < 1.29 is 4.79 Å². The molecule has 0 bridgehead atoms. The maximum absolute atomic E-state index is 11.8. The van der Waals surface area contributed by atoms with Crippen molar-refractivity contribution in [2.45, 2.75) is 6.92 Å². The van der Waals surface area contributed by atoms with E-state index in [0.29, 0.717) is 18.0 Å². The second-order valence-electron chi connectivity index (χ2n) is 3.25. The maximum Gasteiger partial charge on any atom is 0.251 e. The lowest BCUT2D eigenvalue weighted by atomic mass is 10.1. The fraction of sp³-hybridized carbons (Fsp3) is 0.250. The first-order valence-corrected chi connectivity index (χ1v) is 6.24. The molecule has 1 N–H and O–H groups in total. The minimum atomic E-state index is -0.0713. The number of rotatable bonds is 4. The lowest BCUT2D eigenvalue weighted by Crippen LogP contribution is -2.24. The second-order valence-corrected chi connectivity index (χ2v) is 4.41. The zero-order chi connectivity index (χ0) is 12.0. The molecule has 0 saturated carbocycles. The van der Waals surface area contributed by atoms with E-state index in [1.165, 1.54) is 0 Å². The Labute approximate surface area is 109 Å². The lowest BCUT2D eigenvalue weighted by molar-refractivity contribution is 0.0957. The molecule has 0 fully saturated rings. The molecular weight excluding hydrogens is 289 g/mol. The Balaban J connectivity index is 2.66. The number of nitrogens with one attached hydrogen (secondary N) is 1. The predicted molar refractivity (Wildman–Crippen MR) is 71.1 cm³/mol. The smallest absolute Gasteiger partial charge is 0.251 e. The fourth-order valence-electron chi connectivity index (χ4n) is 1.25. The van der Waals surface area contributed by atoms with Gasteiger partial charge in [-0.2, -0.15) is 0 Å². The summed E-state index contributed by atoms with van der Waals surface area (Å²) in [4.78, 5) is 11.8. The van der Waals surface area contributed by atoms with E-state index in [0.717, 1.165) is 10.0 Å². The molecule has 86 valence electrons. The Kier molecular flexibility index (Phi) is 5.56. The molecule has 0 atom stereocenters. The minimum absolute atomic E-state index is 0.0713. The lowest BCUT2D eigenvalue weighted by Gasteiger charge is -2.07. The first-order chi connectivity index (χ1) is 7.66. The van der Waals surface area contributed by atoms with Crippen LogP contribution in [0.2, 0.25) is 0 Å². The highest BCUT2D eigenvalue weighted by atomic mass is 79.9. The van der Waals surface area contributed by atoms with Crippen LogP contribution in [0.25, 0.3) is 0 Å². The molecule has 0 aliphatic heterocycles. The summed E-state index contributed by atoms with van der Waals surface area (Å²) < 4.78 is 0.941. The van der Waals surface area contributed by atoms with Gasteiger partial charge in [-0.25, -0.2) is 0 Å². The molecule has 0 aliphatic carbocycles. The van der Waals surface area contributed by atoms with Crippen molar-refractivity contribution in [3.05, 3.63) is 46.0 Å². The number of halogens is 2. The maximum atomic E-state index is 11.8. The fourth-order valence-corrected chi connectivity index (χ4v) is 1.74. The number of carbonyl (C=O) groups is 1. The summed E-state index contributed by atoms with van der Waals surface area (Å²) in [5, 5.41) is 2.80. The van der Waals surface area contributed by atoms with Gasteiger partial charge in [-0.3, -0.25) is 4.79 Å². The molecule has 0 heterocycles. The molecule has 0 unspecified atom stereocenters. The van der Waals surface area contributed by atoms with Crippen LogP contribution >= 0.6 is 27.5 Å². The van der Waals surface area contributed by atoms with Gasteiger partial charge in [-0.15, -0.1) is 11.6 Å². The minimum Gasteiger partial charge on any atom is -0.349 e. The molecule has 0 radical (unpaired) electrons. The van der Waals surface area contributed by atoms with Crippen molar-refractivity contribution >= 4 is 33.4 Å². The third kappa shape index (κ3) is 3.65. The van der Waals surface area contributed by atoms with E-state index >= 15 is 0 Å². The van der Waals surface area contributed by atoms with Crippen molar-refractivity contribution in [2.24, 2.45) is 0 Å². The molecule has 0 aromatic heterocycles. The number of allylic oxidation sites excluding steroid dienone is 1. The normalized spacial score (nSPS) is 10.7. The van der Waals surface area contributed by atoms with Crippen LogP contribution in [0.5, 0.6) is 0 Å². The molecule has 1 aromatic carbocycles. The number of hydrogen-bond donors (Lipinski definition) is 1. The number of alkyl halides is 1. The first-order valence-electron chi connectivity index (χ1n) is 4.91. The SMILES string of the molecule is Cc1c(Br)cccc1C(=O)NC/C=C/CCl. The van der Waals surface area contributed by atoms with Crippen LogP contribution in [-0.4, -0.2) is 18.3 Å². The van der Waals surface area contributed by atoms with Crippen LogP contribution in [0.15, 0.2) is 34.8 Å². The van der Waals surface area contributed by atoms with Crippen molar-refractivity contribution in [1.29, 1.82) is 0 Å². The van der Waals surface area contributed by atoms with Crippen LogP contribution in [-0.2, 0) is 0 Å². The second kappa shape index (κ2) is 6.71. The van der Waals surface area contributed by atoms with Gasteiger partial charge < -0.3 is 5.32 Å². The summed E-state index contributed by atoms with van der Waals surface area (Å²) in [6.07, 6.45) is 3.63. The van der Waals surface area contributed by atoms with E-state index in [9.17, 15) is 4.79 Å². The Hall–Kier alpha value is -0.800. The number of hydrogen-bond acceptors (Lipinski definition) is 1. The van der Waals surface area contributed by atoms with E-state index in [1.807, 2.05) is 25.1 Å². The molecule has 1 rings (SSSR count).